The molecule has 0 radical (unpaired) electrons. The molecule has 0 saturated carbocycles. The van der Waals surface area contributed by atoms with Crippen molar-refractivity contribution in [1.29, 1.82) is 0 Å². The fraction of sp³-hybridized carbons (Fsp3) is 0.235. The Hall–Kier alpha value is -3.12. The third kappa shape index (κ3) is 6.22. The molecular formula is C34H36N3P2+. The molecule has 1 aliphatic rings. The molecule has 196 valence electrons. The van der Waals surface area contributed by atoms with Crippen molar-refractivity contribution in [3.63, 3.8) is 0 Å². The topological polar surface area (TPSA) is 21.7 Å². The molecule has 0 atom stereocenters. The number of hydrogen-bond acceptors (Lipinski definition) is 1. The second-order valence-corrected chi connectivity index (χ2v) is 14.8. The Labute approximate surface area is 235 Å². The molecule has 0 saturated heterocycles. The van der Waals surface area contributed by atoms with Gasteiger partial charge in [0.1, 0.15) is 13.1 Å². The van der Waals surface area contributed by atoms with Gasteiger partial charge >= 0.3 is 0 Å². The van der Waals surface area contributed by atoms with E-state index in [1.807, 2.05) is 0 Å². The summed E-state index contributed by atoms with van der Waals surface area (Å²) in [5.41, 5.74) is 2.95. The molecule has 5 aromatic rings. The highest BCUT2D eigenvalue weighted by Crippen LogP contribution is 2.35. The molecule has 1 aromatic heterocycles. The highest BCUT2D eigenvalue weighted by atomic mass is 31.1. The minimum atomic E-state index is -0.424. The van der Waals surface area contributed by atoms with Crippen LogP contribution in [0.15, 0.2) is 121 Å². The summed E-state index contributed by atoms with van der Waals surface area (Å²) < 4.78 is 4.73. The predicted molar refractivity (Wildman–Crippen MR) is 167 cm³/mol. The maximum absolute atomic E-state index is 5.26. The second-order valence-electron chi connectivity index (χ2n) is 10.1. The monoisotopic (exact) mass is 549 g/mol. The Morgan fingerprint density at radius 3 is 1.49 bits per heavy atom. The molecule has 39 heavy (non-hydrogen) atoms. The van der Waals surface area contributed by atoms with Crippen LogP contribution in [0.4, 0.5) is 0 Å². The fourth-order valence-corrected chi connectivity index (χ4v) is 10.2. The van der Waals surface area contributed by atoms with Crippen LogP contribution in [0.25, 0.3) is 0 Å². The molecule has 0 spiro atoms. The highest BCUT2D eigenvalue weighted by Gasteiger charge is 2.29. The number of hydrogen-bond donors (Lipinski definition) is 0. The van der Waals surface area contributed by atoms with Gasteiger partial charge in [-0.25, -0.2) is 0 Å². The van der Waals surface area contributed by atoms with Crippen molar-refractivity contribution in [3.8, 4) is 0 Å². The third-order valence-electron chi connectivity index (χ3n) is 7.59. The van der Waals surface area contributed by atoms with Crippen LogP contribution < -0.4 is 25.9 Å². The standard InChI is InChI=1S/C34H36N3P2/c1-5-15-29(16-6-1)38(30-17-7-2-8-18-30)27-25-36-33-23-13-14-24-34(33)37(35-36)26-28-39(31-19-9-3-10-20-31)32-21-11-4-12-22-32/h1-12,15-22H,13-14,23-28H2/q+1/i35+1. The van der Waals surface area contributed by atoms with Crippen molar-refractivity contribution >= 4 is 37.1 Å². The lowest BCUT2D eigenvalue weighted by Crippen LogP contribution is -2.43. The van der Waals surface area contributed by atoms with E-state index in [0.29, 0.717) is 0 Å². The van der Waals surface area contributed by atoms with Crippen molar-refractivity contribution in [1.82, 2.24) is 9.90 Å². The van der Waals surface area contributed by atoms with E-state index in [4.69, 9.17) is 5.21 Å². The van der Waals surface area contributed by atoms with Gasteiger partial charge in [-0.3, -0.25) is 0 Å². The summed E-state index contributed by atoms with van der Waals surface area (Å²) in [5.74, 6) is 0. The van der Waals surface area contributed by atoms with Crippen molar-refractivity contribution in [2.24, 2.45) is 0 Å². The minimum absolute atomic E-state index is 0.424. The van der Waals surface area contributed by atoms with E-state index in [0.717, 1.165) is 38.3 Å². The lowest BCUT2D eigenvalue weighted by molar-refractivity contribution is -0.757. The zero-order valence-corrected chi connectivity index (χ0v) is 24.2. The molecular weight excluding hydrogens is 513 g/mol. The number of aromatic nitrogens is 3. The summed E-state index contributed by atoms with van der Waals surface area (Å²) in [6, 6.07) is 44.3. The number of benzene rings is 4. The van der Waals surface area contributed by atoms with Gasteiger partial charge in [0.15, 0.2) is 11.4 Å². The van der Waals surface area contributed by atoms with Gasteiger partial charge < -0.3 is 0 Å². The van der Waals surface area contributed by atoms with Crippen molar-refractivity contribution in [2.45, 2.75) is 38.8 Å². The SMILES string of the molecule is c1ccc(P(CCn2[15n][n+](CCP(c3ccccc3)c3ccccc3)c3c2CCCC3)c2ccccc2)cc1. The maximum Gasteiger partial charge on any atom is 0.170 e. The Kier molecular flexibility index (Phi) is 8.59. The van der Waals surface area contributed by atoms with Crippen molar-refractivity contribution in [2.75, 3.05) is 12.3 Å². The Morgan fingerprint density at radius 2 is 1.00 bits per heavy atom. The van der Waals surface area contributed by atoms with Crippen LogP contribution in [-0.2, 0) is 25.9 Å². The van der Waals surface area contributed by atoms with E-state index >= 15 is 0 Å². The highest BCUT2D eigenvalue weighted by molar-refractivity contribution is 7.73. The molecule has 0 aliphatic heterocycles. The normalized spacial score (nSPS) is 13.1. The average Bonchev–Trinajstić information content (AvgIpc) is 3.37. The first-order valence-corrected chi connectivity index (χ1v) is 17.2. The molecule has 4 aromatic carbocycles. The van der Waals surface area contributed by atoms with Crippen molar-refractivity contribution < 1.29 is 4.68 Å². The largest absolute Gasteiger partial charge is 0.170 e. The second kappa shape index (κ2) is 12.8. The summed E-state index contributed by atoms with van der Waals surface area (Å²) >= 11 is 0. The third-order valence-corrected chi connectivity index (χ3v) is 12.6. The van der Waals surface area contributed by atoms with Crippen LogP contribution >= 0.6 is 15.8 Å². The van der Waals surface area contributed by atoms with Crippen LogP contribution in [0, 0.1) is 0 Å². The van der Waals surface area contributed by atoms with Crippen LogP contribution in [0.2, 0.25) is 0 Å². The number of aryl methyl sites for hydroxylation is 2. The van der Waals surface area contributed by atoms with Crippen molar-refractivity contribution in [3.05, 3.63) is 133 Å². The van der Waals surface area contributed by atoms with Crippen LogP contribution in [0.1, 0.15) is 24.2 Å². The first kappa shape index (κ1) is 26.1. The molecule has 5 heteroatoms. The summed E-state index contributed by atoms with van der Waals surface area (Å²) in [4.78, 5) is 0. The fourth-order valence-electron chi connectivity index (χ4n) is 5.66. The van der Waals surface area contributed by atoms with Gasteiger partial charge in [0.25, 0.3) is 0 Å². The first-order valence-electron chi connectivity index (χ1n) is 14.1. The Morgan fingerprint density at radius 1 is 0.564 bits per heavy atom. The van der Waals surface area contributed by atoms with Gasteiger partial charge in [0.05, 0.1) is 5.21 Å². The molecule has 0 unspecified atom stereocenters. The molecule has 1 heterocycles. The Bertz CT molecular complexity index is 1260. The predicted octanol–water partition coefficient (Wildman–Crippen LogP) is 5.32. The smallest absolute Gasteiger partial charge is 0.134 e. The zero-order chi connectivity index (χ0) is 26.3. The molecule has 6 rings (SSSR count). The number of fused-ring (bicyclic) bond motifs is 1. The lowest BCUT2D eigenvalue weighted by atomic mass is 10.0. The molecule has 0 fully saturated rings. The minimum Gasteiger partial charge on any atom is -0.134 e. The van der Waals surface area contributed by atoms with Gasteiger partial charge in [-0.1, -0.05) is 121 Å². The summed E-state index contributed by atoms with van der Waals surface area (Å²) in [6.07, 6.45) is 7.06. The van der Waals surface area contributed by atoms with E-state index in [2.05, 4.69) is 131 Å². The van der Waals surface area contributed by atoms with E-state index < -0.39 is 15.8 Å². The lowest BCUT2D eigenvalue weighted by Gasteiger charge is -2.18. The zero-order valence-electron chi connectivity index (χ0n) is 22.4. The quantitative estimate of drug-likeness (QED) is 0.171. The van der Waals surface area contributed by atoms with E-state index in [1.165, 1.54) is 45.4 Å². The van der Waals surface area contributed by atoms with Gasteiger partial charge in [0.2, 0.25) is 0 Å². The summed E-state index contributed by atoms with van der Waals surface area (Å²) in [6.45, 7) is 1.94. The van der Waals surface area contributed by atoms with Crippen LogP contribution in [0.5, 0.6) is 0 Å². The number of rotatable bonds is 10. The molecule has 1 aliphatic carbocycles. The van der Waals surface area contributed by atoms with Gasteiger partial charge in [-0.05, 0) is 49.9 Å². The van der Waals surface area contributed by atoms with E-state index in [1.54, 1.807) is 0 Å². The Balaban J connectivity index is 1.25. The first-order chi connectivity index (χ1) is 19.4. The van der Waals surface area contributed by atoms with Gasteiger partial charge in [0, 0.05) is 25.2 Å². The summed E-state index contributed by atoms with van der Waals surface area (Å²) in [7, 11) is -0.849. The average molecular weight is 550 g/mol. The van der Waals surface area contributed by atoms with Gasteiger partial charge in [-0.2, -0.15) is 0 Å². The van der Waals surface area contributed by atoms with Crippen LogP contribution in [0.3, 0.4) is 0 Å². The molecule has 0 amide bonds. The van der Waals surface area contributed by atoms with Crippen LogP contribution in [-0.4, -0.2) is 22.2 Å². The molecule has 3 nitrogen and oxygen atoms in total. The van der Waals surface area contributed by atoms with Gasteiger partial charge in [-0.15, -0.1) is 9.36 Å². The number of nitrogens with zero attached hydrogens (tertiary/aromatic N) is 3. The molecule has 0 N–H and O–H groups in total. The molecule has 0 bridgehead atoms. The van der Waals surface area contributed by atoms with E-state index in [-0.39, 0.29) is 0 Å². The maximum atomic E-state index is 5.26. The summed E-state index contributed by atoms with van der Waals surface area (Å²) in [5, 5.41) is 11.1. The van der Waals surface area contributed by atoms with E-state index in [9.17, 15) is 0 Å².